The first-order valence-corrected chi connectivity index (χ1v) is 9.52. The summed E-state index contributed by atoms with van der Waals surface area (Å²) in [7, 11) is 0. The standard InChI is InChI=1S/C23H21F3N2O2/c1-3-15-6-10-17(11-7-15)20(16-8-4-14(2)5-9-16)28-22(30)18-12-13-19(23(24,25)26)27-21(18)29/h4-13,18,20H,3H2,1-2H3,(H,28,30). The highest BCUT2D eigenvalue weighted by atomic mass is 19.4. The summed E-state index contributed by atoms with van der Waals surface area (Å²) in [5.41, 5.74) is 2.47. The molecule has 4 nitrogen and oxygen atoms in total. The molecule has 1 N–H and O–H groups in total. The van der Waals surface area contributed by atoms with Crippen LogP contribution in [0.2, 0.25) is 0 Å². The van der Waals surface area contributed by atoms with Crippen molar-refractivity contribution in [2.45, 2.75) is 32.5 Å². The number of aryl methyl sites for hydroxylation is 2. The van der Waals surface area contributed by atoms with Gasteiger partial charge in [-0.2, -0.15) is 13.2 Å². The number of benzene rings is 2. The summed E-state index contributed by atoms with van der Waals surface area (Å²) in [4.78, 5) is 27.9. The van der Waals surface area contributed by atoms with E-state index >= 15 is 0 Å². The lowest BCUT2D eigenvalue weighted by Gasteiger charge is -2.23. The number of carbonyl (C=O) groups is 2. The minimum absolute atomic E-state index is 0.557. The van der Waals surface area contributed by atoms with Crippen molar-refractivity contribution in [3.8, 4) is 0 Å². The van der Waals surface area contributed by atoms with Crippen LogP contribution in [0.4, 0.5) is 13.2 Å². The molecule has 1 heterocycles. The third-order valence-corrected chi connectivity index (χ3v) is 4.93. The predicted molar refractivity (Wildman–Crippen MR) is 108 cm³/mol. The summed E-state index contributed by atoms with van der Waals surface area (Å²) in [6.45, 7) is 3.97. The summed E-state index contributed by atoms with van der Waals surface area (Å²) in [5.74, 6) is -3.24. The van der Waals surface area contributed by atoms with E-state index in [-0.39, 0.29) is 0 Å². The summed E-state index contributed by atoms with van der Waals surface area (Å²) in [5, 5.41) is 2.80. The highest BCUT2D eigenvalue weighted by molar-refractivity contribution is 6.14. The molecule has 2 amide bonds. The van der Waals surface area contributed by atoms with E-state index in [9.17, 15) is 22.8 Å². The normalized spacial score (nSPS) is 17.4. The molecule has 0 radical (unpaired) electrons. The largest absolute Gasteiger partial charge is 0.433 e. The quantitative estimate of drug-likeness (QED) is 0.734. The second-order valence-corrected chi connectivity index (χ2v) is 7.12. The van der Waals surface area contributed by atoms with Gasteiger partial charge in [0.15, 0.2) is 0 Å². The molecule has 0 aliphatic carbocycles. The Morgan fingerprint density at radius 1 is 1.07 bits per heavy atom. The lowest BCUT2D eigenvalue weighted by Crippen LogP contribution is -2.39. The van der Waals surface area contributed by atoms with Crippen molar-refractivity contribution in [3.63, 3.8) is 0 Å². The fraction of sp³-hybridized carbons (Fsp3) is 0.261. The molecule has 0 fully saturated rings. The fourth-order valence-corrected chi connectivity index (χ4v) is 3.15. The summed E-state index contributed by atoms with van der Waals surface area (Å²) in [6.07, 6.45) is -2.26. The average molecular weight is 414 g/mol. The van der Waals surface area contributed by atoms with Gasteiger partial charge in [-0.3, -0.25) is 9.59 Å². The minimum Gasteiger partial charge on any atom is -0.344 e. The molecule has 2 unspecified atom stereocenters. The number of aliphatic imine (C=N–C) groups is 1. The monoisotopic (exact) mass is 414 g/mol. The molecule has 2 atom stereocenters. The van der Waals surface area contributed by atoms with Crippen molar-refractivity contribution in [1.82, 2.24) is 5.32 Å². The molecule has 0 spiro atoms. The van der Waals surface area contributed by atoms with Gasteiger partial charge in [-0.25, -0.2) is 4.99 Å². The lowest BCUT2D eigenvalue weighted by molar-refractivity contribution is -0.132. The molecule has 0 aromatic heterocycles. The molecular formula is C23H21F3N2O2. The van der Waals surface area contributed by atoms with E-state index < -0.39 is 35.7 Å². The molecule has 1 aliphatic heterocycles. The molecule has 0 saturated carbocycles. The number of hydrogen-bond acceptors (Lipinski definition) is 2. The number of alkyl halides is 3. The minimum atomic E-state index is -4.74. The van der Waals surface area contributed by atoms with Gasteiger partial charge in [0.1, 0.15) is 11.6 Å². The number of rotatable bonds is 5. The van der Waals surface area contributed by atoms with E-state index in [0.717, 1.165) is 34.8 Å². The van der Waals surface area contributed by atoms with Gasteiger partial charge in [0, 0.05) is 0 Å². The number of dihydropyridines is 1. The van der Waals surface area contributed by atoms with Crippen LogP contribution >= 0.6 is 0 Å². The van der Waals surface area contributed by atoms with E-state index in [2.05, 4.69) is 10.3 Å². The second kappa shape index (κ2) is 8.65. The fourth-order valence-electron chi connectivity index (χ4n) is 3.15. The van der Waals surface area contributed by atoms with Crippen molar-refractivity contribution in [2.75, 3.05) is 0 Å². The zero-order valence-electron chi connectivity index (χ0n) is 16.5. The van der Waals surface area contributed by atoms with E-state index in [1.54, 1.807) is 0 Å². The van der Waals surface area contributed by atoms with Crippen LogP contribution < -0.4 is 5.32 Å². The average Bonchev–Trinajstić information content (AvgIpc) is 2.72. The lowest BCUT2D eigenvalue weighted by atomic mass is 9.95. The van der Waals surface area contributed by atoms with Gasteiger partial charge >= 0.3 is 6.18 Å². The molecule has 30 heavy (non-hydrogen) atoms. The number of allylic oxidation sites excluding steroid dienone is 1. The zero-order valence-corrected chi connectivity index (χ0v) is 16.5. The predicted octanol–water partition coefficient (Wildman–Crippen LogP) is 4.48. The zero-order chi connectivity index (χ0) is 21.9. The first kappa shape index (κ1) is 21.5. The number of nitrogens with zero attached hydrogens (tertiary/aromatic N) is 1. The van der Waals surface area contributed by atoms with Crippen molar-refractivity contribution in [3.05, 3.63) is 82.9 Å². The van der Waals surface area contributed by atoms with Crippen LogP contribution in [0.1, 0.15) is 35.2 Å². The third kappa shape index (κ3) is 4.84. The summed E-state index contributed by atoms with van der Waals surface area (Å²) in [6, 6.07) is 14.7. The molecule has 2 aromatic carbocycles. The maximum Gasteiger partial charge on any atom is 0.433 e. The van der Waals surface area contributed by atoms with Crippen LogP contribution in [0, 0.1) is 12.8 Å². The van der Waals surface area contributed by atoms with E-state index in [0.29, 0.717) is 6.08 Å². The second-order valence-electron chi connectivity index (χ2n) is 7.12. The van der Waals surface area contributed by atoms with Crippen LogP contribution in [-0.4, -0.2) is 23.7 Å². The number of hydrogen-bond donors (Lipinski definition) is 1. The molecule has 7 heteroatoms. The molecule has 0 bridgehead atoms. The van der Waals surface area contributed by atoms with Crippen molar-refractivity contribution >= 4 is 17.5 Å². The van der Waals surface area contributed by atoms with Crippen LogP contribution in [-0.2, 0) is 16.0 Å². The van der Waals surface area contributed by atoms with Crippen LogP contribution in [0.3, 0.4) is 0 Å². The topological polar surface area (TPSA) is 58.5 Å². The van der Waals surface area contributed by atoms with Crippen molar-refractivity contribution in [2.24, 2.45) is 10.9 Å². The molecule has 3 rings (SSSR count). The van der Waals surface area contributed by atoms with Gasteiger partial charge in [-0.05, 0) is 36.1 Å². The van der Waals surface area contributed by atoms with Crippen LogP contribution in [0.25, 0.3) is 0 Å². The Morgan fingerprint density at radius 3 is 2.13 bits per heavy atom. The Bertz CT molecular complexity index is 991. The molecular weight excluding hydrogens is 393 g/mol. The van der Waals surface area contributed by atoms with Gasteiger partial charge in [0.05, 0.1) is 6.04 Å². The summed E-state index contributed by atoms with van der Waals surface area (Å²) < 4.78 is 38.3. The first-order chi connectivity index (χ1) is 14.2. The first-order valence-electron chi connectivity index (χ1n) is 9.52. The Labute approximate surface area is 172 Å². The number of halogens is 3. The number of amides is 2. The molecule has 2 aromatic rings. The maximum atomic E-state index is 12.8. The van der Waals surface area contributed by atoms with Crippen LogP contribution in [0.5, 0.6) is 0 Å². The van der Waals surface area contributed by atoms with Gasteiger partial charge < -0.3 is 5.32 Å². The van der Waals surface area contributed by atoms with Crippen molar-refractivity contribution in [1.29, 1.82) is 0 Å². The van der Waals surface area contributed by atoms with Gasteiger partial charge in [0.25, 0.3) is 5.91 Å². The van der Waals surface area contributed by atoms with Gasteiger partial charge in [-0.15, -0.1) is 0 Å². The van der Waals surface area contributed by atoms with Gasteiger partial charge in [-0.1, -0.05) is 67.1 Å². The van der Waals surface area contributed by atoms with E-state index in [1.807, 2.05) is 62.4 Å². The third-order valence-electron chi connectivity index (χ3n) is 4.93. The molecule has 156 valence electrons. The SMILES string of the molecule is CCc1ccc(C(NC(=O)C2C=CC(C(F)(F)F)=NC2=O)c2ccc(C)cc2)cc1. The van der Waals surface area contributed by atoms with Gasteiger partial charge in [0.2, 0.25) is 5.91 Å². The number of nitrogens with one attached hydrogen (secondary N) is 1. The molecule has 1 aliphatic rings. The Hall–Kier alpha value is -3.22. The van der Waals surface area contributed by atoms with E-state index in [4.69, 9.17) is 0 Å². The van der Waals surface area contributed by atoms with Crippen molar-refractivity contribution < 1.29 is 22.8 Å². The Morgan fingerprint density at radius 2 is 1.63 bits per heavy atom. The Balaban J connectivity index is 1.87. The van der Waals surface area contributed by atoms with E-state index in [1.165, 1.54) is 0 Å². The smallest absolute Gasteiger partial charge is 0.344 e. The summed E-state index contributed by atoms with van der Waals surface area (Å²) >= 11 is 0. The maximum absolute atomic E-state index is 12.8. The highest BCUT2D eigenvalue weighted by Crippen LogP contribution is 2.26. The highest BCUT2D eigenvalue weighted by Gasteiger charge is 2.39. The molecule has 0 saturated heterocycles. The Kier molecular flexibility index (Phi) is 6.20. The van der Waals surface area contributed by atoms with Crippen LogP contribution in [0.15, 0.2) is 65.7 Å². The number of carbonyl (C=O) groups excluding carboxylic acids is 2.